The van der Waals surface area contributed by atoms with Crippen LogP contribution in [0.4, 0.5) is 0 Å². The first kappa shape index (κ1) is 20.3. The predicted octanol–water partition coefficient (Wildman–Crippen LogP) is 4.12. The van der Waals surface area contributed by atoms with Crippen LogP contribution in [0.25, 0.3) is 0 Å². The molecule has 0 fully saturated rings. The van der Waals surface area contributed by atoms with Crippen LogP contribution in [-0.4, -0.2) is 37.6 Å². The van der Waals surface area contributed by atoms with Gasteiger partial charge in [0.1, 0.15) is 23.8 Å². The molecule has 0 amide bonds. The molecule has 0 atom stereocenters. The van der Waals surface area contributed by atoms with E-state index in [9.17, 15) is 4.79 Å². The fourth-order valence-electron chi connectivity index (χ4n) is 2.65. The minimum absolute atomic E-state index is 0.178. The Morgan fingerprint density at radius 1 is 0.889 bits per heavy atom. The summed E-state index contributed by atoms with van der Waals surface area (Å²) in [7, 11) is 3.23. The summed E-state index contributed by atoms with van der Waals surface area (Å²) in [5, 5.41) is 13.0. The molecular formula is C21H25NO5. The molecule has 0 heterocycles. The van der Waals surface area contributed by atoms with Crippen molar-refractivity contribution < 1.29 is 24.2 Å². The molecular weight excluding hydrogens is 346 g/mol. The second-order valence-electron chi connectivity index (χ2n) is 5.88. The van der Waals surface area contributed by atoms with Crippen molar-refractivity contribution >= 4 is 11.7 Å². The van der Waals surface area contributed by atoms with Gasteiger partial charge in [-0.1, -0.05) is 29.4 Å². The zero-order valence-electron chi connectivity index (χ0n) is 15.7. The van der Waals surface area contributed by atoms with E-state index in [1.54, 1.807) is 14.2 Å². The molecule has 0 saturated carbocycles. The monoisotopic (exact) mass is 371 g/mol. The van der Waals surface area contributed by atoms with Crippen LogP contribution in [0.1, 0.15) is 36.8 Å². The normalized spacial score (nSPS) is 10.1. The standard InChI is InChI=1S/C21H25NO5/c1-25-18-12-7-5-10-16(18)21(17-11-6-8-13-19(17)26-2)22-27-15-9-3-4-14-20(23)24/h5-8,10-13H,3-4,9,14-15H2,1-2H3,(H,23,24). The predicted molar refractivity (Wildman–Crippen MR) is 104 cm³/mol. The van der Waals surface area contributed by atoms with Gasteiger partial charge in [-0.25, -0.2) is 0 Å². The Labute approximate surface area is 159 Å². The number of para-hydroxylation sites is 2. The number of ether oxygens (including phenoxy) is 2. The molecule has 2 aromatic rings. The minimum Gasteiger partial charge on any atom is -0.496 e. The fraction of sp³-hybridized carbons (Fsp3) is 0.333. The highest BCUT2D eigenvalue weighted by molar-refractivity contribution is 6.15. The molecule has 0 radical (unpaired) electrons. The van der Waals surface area contributed by atoms with E-state index in [2.05, 4.69) is 5.16 Å². The summed E-state index contributed by atoms with van der Waals surface area (Å²) >= 11 is 0. The van der Waals surface area contributed by atoms with Crippen LogP contribution in [0, 0.1) is 0 Å². The molecule has 2 rings (SSSR count). The summed E-state index contributed by atoms with van der Waals surface area (Å²) in [6, 6.07) is 15.2. The Balaban J connectivity index is 2.19. The van der Waals surface area contributed by atoms with E-state index in [1.807, 2.05) is 48.5 Å². The number of methoxy groups -OCH3 is 2. The summed E-state index contributed by atoms with van der Waals surface area (Å²) in [6.45, 7) is 0.410. The molecule has 27 heavy (non-hydrogen) atoms. The topological polar surface area (TPSA) is 77.4 Å². The molecule has 6 heteroatoms. The van der Waals surface area contributed by atoms with Crippen LogP contribution in [0.5, 0.6) is 11.5 Å². The Morgan fingerprint density at radius 2 is 1.44 bits per heavy atom. The number of benzene rings is 2. The van der Waals surface area contributed by atoms with E-state index in [4.69, 9.17) is 19.4 Å². The molecule has 144 valence electrons. The lowest BCUT2D eigenvalue weighted by Gasteiger charge is -2.14. The van der Waals surface area contributed by atoms with Crippen molar-refractivity contribution in [3.8, 4) is 11.5 Å². The molecule has 1 N–H and O–H groups in total. The lowest BCUT2D eigenvalue weighted by Crippen LogP contribution is -2.09. The maximum absolute atomic E-state index is 10.5. The minimum atomic E-state index is -0.774. The van der Waals surface area contributed by atoms with Crippen molar-refractivity contribution in [3.63, 3.8) is 0 Å². The average molecular weight is 371 g/mol. The number of carboxylic acids is 1. The first-order chi connectivity index (χ1) is 13.2. The fourth-order valence-corrected chi connectivity index (χ4v) is 2.65. The molecule has 0 aliphatic heterocycles. The van der Waals surface area contributed by atoms with Crippen molar-refractivity contribution in [1.82, 2.24) is 0 Å². The second kappa shape index (κ2) is 10.9. The van der Waals surface area contributed by atoms with Crippen LogP contribution in [0.2, 0.25) is 0 Å². The van der Waals surface area contributed by atoms with Gasteiger partial charge in [0.05, 0.1) is 14.2 Å². The molecule has 6 nitrogen and oxygen atoms in total. The second-order valence-corrected chi connectivity index (χ2v) is 5.88. The van der Waals surface area contributed by atoms with Crippen molar-refractivity contribution in [2.45, 2.75) is 25.7 Å². The molecule has 0 aliphatic rings. The van der Waals surface area contributed by atoms with Crippen molar-refractivity contribution in [1.29, 1.82) is 0 Å². The van der Waals surface area contributed by atoms with Gasteiger partial charge in [0, 0.05) is 17.5 Å². The molecule has 0 aromatic heterocycles. The summed E-state index contributed by atoms with van der Waals surface area (Å²) in [5.41, 5.74) is 2.22. The molecule has 0 saturated heterocycles. The number of rotatable bonds is 11. The number of carbonyl (C=O) groups is 1. The molecule has 0 aliphatic carbocycles. The van der Waals surface area contributed by atoms with Gasteiger partial charge in [0.15, 0.2) is 0 Å². The number of carboxylic acid groups (broad SMARTS) is 1. The van der Waals surface area contributed by atoms with Gasteiger partial charge in [-0.15, -0.1) is 0 Å². The number of hydrogen-bond donors (Lipinski definition) is 1. The van der Waals surface area contributed by atoms with Gasteiger partial charge < -0.3 is 19.4 Å². The summed E-state index contributed by atoms with van der Waals surface area (Å²) in [4.78, 5) is 16.1. The smallest absolute Gasteiger partial charge is 0.303 e. The van der Waals surface area contributed by atoms with Crippen molar-refractivity contribution in [3.05, 3.63) is 59.7 Å². The lowest BCUT2D eigenvalue weighted by atomic mass is 10.0. The lowest BCUT2D eigenvalue weighted by molar-refractivity contribution is -0.137. The highest BCUT2D eigenvalue weighted by Gasteiger charge is 2.17. The van der Waals surface area contributed by atoms with E-state index < -0.39 is 5.97 Å². The van der Waals surface area contributed by atoms with Gasteiger partial charge in [0.25, 0.3) is 0 Å². The number of aliphatic carboxylic acids is 1. The Hall–Kier alpha value is -3.02. The third-order valence-corrected chi connectivity index (χ3v) is 4.01. The third-order valence-electron chi connectivity index (χ3n) is 4.01. The average Bonchev–Trinajstić information content (AvgIpc) is 2.70. The number of nitrogens with zero attached hydrogens (tertiary/aromatic N) is 1. The third kappa shape index (κ3) is 6.02. The summed E-state index contributed by atoms with van der Waals surface area (Å²) < 4.78 is 10.9. The summed E-state index contributed by atoms with van der Waals surface area (Å²) in [6.07, 6.45) is 2.33. The Bertz CT molecular complexity index is 723. The Kier molecular flexibility index (Phi) is 8.16. The SMILES string of the molecule is COc1ccccc1C(=NOCCCCCC(=O)O)c1ccccc1OC. The number of oxime groups is 1. The number of unbranched alkanes of at least 4 members (excludes halogenated alkanes) is 2. The highest BCUT2D eigenvalue weighted by atomic mass is 16.6. The van der Waals surface area contributed by atoms with Crippen LogP contribution >= 0.6 is 0 Å². The maximum atomic E-state index is 10.5. The van der Waals surface area contributed by atoms with Gasteiger partial charge in [-0.05, 0) is 43.5 Å². The van der Waals surface area contributed by atoms with Crippen LogP contribution in [-0.2, 0) is 9.63 Å². The molecule has 2 aromatic carbocycles. The van der Waals surface area contributed by atoms with Crippen molar-refractivity contribution in [2.75, 3.05) is 20.8 Å². The van der Waals surface area contributed by atoms with Gasteiger partial charge in [-0.2, -0.15) is 0 Å². The highest BCUT2D eigenvalue weighted by Crippen LogP contribution is 2.27. The van der Waals surface area contributed by atoms with E-state index in [0.717, 1.165) is 24.0 Å². The Morgan fingerprint density at radius 3 is 1.96 bits per heavy atom. The zero-order valence-corrected chi connectivity index (χ0v) is 15.7. The molecule has 0 bridgehead atoms. The van der Waals surface area contributed by atoms with E-state index in [0.29, 0.717) is 30.2 Å². The van der Waals surface area contributed by atoms with Crippen LogP contribution < -0.4 is 9.47 Å². The number of hydrogen-bond acceptors (Lipinski definition) is 5. The first-order valence-corrected chi connectivity index (χ1v) is 8.86. The van der Waals surface area contributed by atoms with Gasteiger partial charge in [-0.3, -0.25) is 4.79 Å². The van der Waals surface area contributed by atoms with Crippen LogP contribution in [0.3, 0.4) is 0 Å². The quantitative estimate of drug-likeness (QED) is 0.365. The van der Waals surface area contributed by atoms with E-state index in [-0.39, 0.29) is 6.42 Å². The maximum Gasteiger partial charge on any atom is 0.303 e. The summed E-state index contributed by atoms with van der Waals surface area (Å²) in [5.74, 6) is 0.600. The van der Waals surface area contributed by atoms with Crippen molar-refractivity contribution in [2.24, 2.45) is 5.16 Å². The van der Waals surface area contributed by atoms with Gasteiger partial charge in [0.2, 0.25) is 0 Å². The van der Waals surface area contributed by atoms with Gasteiger partial charge >= 0.3 is 5.97 Å². The molecule has 0 spiro atoms. The largest absolute Gasteiger partial charge is 0.496 e. The van der Waals surface area contributed by atoms with E-state index in [1.165, 1.54) is 0 Å². The zero-order chi connectivity index (χ0) is 19.5. The van der Waals surface area contributed by atoms with E-state index >= 15 is 0 Å². The van der Waals surface area contributed by atoms with Crippen LogP contribution in [0.15, 0.2) is 53.7 Å². The molecule has 0 unspecified atom stereocenters. The first-order valence-electron chi connectivity index (χ1n) is 8.86.